The van der Waals surface area contributed by atoms with Gasteiger partial charge < -0.3 is 30.3 Å². The predicted octanol–water partition coefficient (Wildman–Crippen LogP) is 3.06. The molecule has 3 N–H and O–H groups in total. The van der Waals surface area contributed by atoms with Gasteiger partial charge in [0.05, 0.1) is 36.4 Å². The molecule has 0 atom stereocenters. The summed E-state index contributed by atoms with van der Waals surface area (Å²) in [5, 5.41) is 3.10. The molecule has 1 aliphatic heterocycles. The third-order valence-electron chi connectivity index (χ3n) is 5.31. The minimum Gasteiger partial charge on any atom is -0.476 e. The van der Waals surface area contributed by atoms with Crippen molar-refractivity contribution in [2.24, 2.45) is 0 Å². The molecule has 13 heteroatoms. The van der Waals surface area contributed by atoms with E-state index in [1.165, 1.54) is 6.07 Å². The zero-order valence-corrected chi connectivity index (χ0v) is 19.9. The van der Waals surface area contributed by atoms with Crippen LogP contribution in [-0.2, 0) is 10.9 Å². The Morgan fingerprint density at radius 3 is 2.56 bits per heavy atom. The number of halogens is 3. The Bertz CT molecular complexity index is 1170. The normalized spacial score (nSPS) is 14.2. The number of aromatic nitrogens is 4. The summed E-state index contributed by atoms with van der Waals surface area (Å²) in [4.78, 5) is 21.0. The summed E-state index contributed by atoms with van der Waals surface area (Å²) in [6, 6.07) is 5.69. The van der Waals surface area contributed by atoms with E-state index in [1.54, 1.807) is 18.3 Å². The van der Waals surface area contributed by atoms with Gasteiger partial charge in [0.2, 0.25) is 11.8 Å². The van der Waals surface area contributed by atoms with Crippen molar-refractivity contribution in [1.29, 1.82) is 0 Å². The van der Waals surface area contributed by atoms with Gasteiger partial charge in [0, 0.05) is 43.5 Å². The smallest absolute Gasteiger partial charge is 0.417 e. The molecule has 10 nitrogen and oxygen atoms in total. The predicted molar refractivity (Wildman–Crippen MR) is 129 cm³/mol. The molecule has 0 amide bonds. The summed E-state index contributed by atoms with van der Waals surface area (Å²) in [5.74, 6) is 0.808. The summed E-state index contributed by atoms with van der Waals surface area (Å²) < 4.78 is 52.4. The molecule has 3 aromatic heterocycles. The van der Waals surface area contributed by atoms with Gasteiger partial charge in [0.15, 0.2) is 0 Å². The summed E-state index contributed by atoms with van der Waals surface area (Å²) in [6.45, 7) is 3.18. The molecule has 0 radical (unpaired) electrons. The lowest BCUT2D eigenvalue weighted by atomic mass is 10.1. The quantitative estimate of drug-likeness (QED) is 0.474. The Morgan fingerprint density at radius 2 is 1.89 bits per heavy atom. The minimum atomic E-state index is -4.64. The van der Waals surface area contributed by atoms with Crippen molar-refractivity contribution in [2.75, 3.05) is 69.5 Å². The molecule has 0 unspecified atom stereocenters. The molecule has 0 saturated carbocycles. The molecule has 0 aromatic carbocycles. The largest absolute Gasteiger partial charge is 0.476 e. The lowest BCUT2D eigenvalue weighted by Gasteiger charge is -2.27. The number of nitrogens with two attached hydrogens (primary N) is 1. The second kappa shape index (κ2) is 10.9. The standard InChI is InChI=1S/C23H27F3N8O2/c1-33(2)5-10-36-21-4-3-15(13-29-21)30-20-12-18(31-22(32-20)34-6-8-35-9-7-34)16-14-28-19(27)11-17(16)23(24,25)26/h3-4,11-14H,5-10H2,1-2H3,(H2,27,28)(H,30,31,32). The van der Waals surface area contributed by atoms with Gasteiger partial charge >= 0.3 is 6.18 Å². The van der Waals surface area contributed by atoms with Crippen molar-refractivity contribution >= 4 is 23.3 Å². The molecule has 0 bridgehead atoms. The van der Waals surface area contributed by atoms with Crippen LogP contribution in [-0.4, -0.2) is 78.4 Å². The van der Waals surface area contributed by atoms with Gasteiger partial charge in [0.1, 0.15) is 18.2 Å². The molecule has 4 rings (SSSR count). The van der Waals surface area contributed by atoms with Crippen LogP contribution in [0.1, 0.15) is 5.56 Å². The summed E-state index contributed by atoms with van der Waals surface area (Å²) >= 11 is 0. The molecule has 1 saturated heterocycles. The molecular formula is C23H27F3N8O2. The van der Waals surface area contributed by atoms with E-state index in [0.29, 0.717) is 50.3 Å². The summed E-state index contributed by atoms with van der Waals surface area (Å²) in [5.41, 5.74) is 5.07. The molecule has 1 fully saturated rings. The number of nitrogen functional groups attached to an aromatic ring is 1. The van der Waals surface area contributed by atoms with Crippen molar-refractivity contribution in [3.05, 3.63) is 42.2 Å². The molecule has 192 valence electrons. The Labute approximate surface area is 206 Å². The third kappa shape index (κ3) is 6.49. The van der Waals surface area contributed by atoms with Crippen molar-refractivity contribution in [3.63, 3.8) is 0 Å². The number of pyridine rings is 2. The van der Waals surface area contributed by atoms with E-state index < -0.39 is 11.7 Å². The Balaban J connectivity index is 1.66. The highest BCUT2D eigenvalue weighted by atomic mass is 19.4. The van der Waals surface area contributed by atoms with Gasteiger partial charge in [-0.15, -0.1) is 0 Å². The minimum absolute atomic E-state index is 0.0606. The van der Waals surface area contributed by atoms with Crippen LogP contribution in [0.5, 0.6) is 5.88 Å². The maximum atomic E-state index is 13.8. The van der Waals surface area contributed by atoms with E-state index in [0.717, 1.165) is 18.8 Å². The van der Waals surface area contributed by atoms with Crippen molar-refractivity contribution in [3.8, 4) is 17.1 Å². The number of ether oxygens (including phenoxy) is 2. The zero-order chi connectivity index (χ0) is 25.7. The fourth-order valence-electron chi connectivity index (χ4n) is 3.47. The number of morpholine rings is 1. The average Bonchev–Trinajstić information content (AvgIpc) is 2.85. The van der Waals surface area contributed by atoms with Gasteiger partial charge in [-0.25, -0.2) is 15.0 Å². The maximum absolute atomic E-state index is 13.8. The molecule has 1 aliphatic rings. The Hall–Kier alpha value is -3.71. The van der Waals surface area contributed by atoms with E-state index in [4.69, 9.17) is 15.2 Å². The summed E-state index contributed by atoms with van der Waals surface area (Å²) in [6.07, 6.45) is -2.00. The van der Waals surface area contributed by atoms with Crippen molar-refractivity contribution < 1.29 is 22.6 Å². The van der Waals surface area contributed by atoms with Gasteiger partial charge in [0.25, 0.3) is 0 Å². The first-order valence-corrected chi connectivity index (χ1v) is 11.2. The first-order valence-electron chi connectivity index (χ1n) is 11.2. The van der Waals surface area contributed by atoms with Gasteiger partial charge in [-0.2, -0.15) is 18.2 Å². The van der Waals surface area contributed by atoms with Crippen molar-refractivity contribution in [1.82, 2.24) is 24.8 Å². The van der Waals surface area contributed by atoms with Crippen LogP contribution < -0.4 is 20.7 Å². The van der Waals surface area contributed by atoms with Crippen LogP contribution in [0.15, 0.2) is 36.7 Å². The molecule has 0 spiro atoms. The number of hydrogen-bond acceptors (Lipinski definition) is 10. The van der Waals surface area contributed by atoms with Crippen LogP contribution in [0.2, 0.25) is 0 Å². The summed E-state index contributed by atoms with van der Waals surface area (Å²) in [7, 11) is 3.89. The fraction of sp³-hybridized carbons (Fsp3) is 0.391. The number of nitrogens with zero attached hydrogens (tertiary/aromatic N) is 6. The molecule has 4 heterocycles. The number of likely N-dealkylation sites (N-methyl/N-ethyl adjacent to an activating group) is 1. The van der Waals surface area contributed by atoms with Crippen LogP contribution in [0.4, 0.5) is 36.4 Å². The number of rotatable bonds is 8. The SMILES string of the molecule is CN(C)CCOc1ccc(Nc2cc(-c3cnc(N)cc3C(F)(F)F)nc(N3CCOCC3)n2)cn1. The molecular weight excluding hydrogens is 477 g/mol. The van der Waals surface area contributed by atoms with E-state index in [1.807, 2.05) is 23.9 Å². The second-order valence-corrected chi connectivity index (χ2v) is 8.35. The first kappa shape index (κ1) is 25.4. The molecule has 3 aromatic rings. The zero-order valence-electron chi connectivity index (χ0n) is 19.9. The Kier molecular flexibility index (Phi) is 7.70. The van der Waals surface area contributed by atoms with Crippen LogP contribution in [0.3, 0.4) is 0 Å². The van der Waals surface area contributed by atoms with E-state index >= 15 is 0 Å². The Morgan fingerprint density at radius 1 is 1.11 bits per heavy atom. The molecule has 0 aliphatic carbocycles. The lowest BCUT2D eigenvalue weighted by Crippen LogP contribution is -2.37. The number of alkyl halides is 3. The van der Waals surface area contributed by atoms with Gasteiger partial charge in [-0.05, 0) is 26.2 Å². The van der Waals surface area contributed by atoms with Crippen LogP contribution >= 0.6 is 0 Å². The first-order chi connectivity index (χ1) is 17.2. The average molecular weight is 505 g/mol. The third-order valence-corrected chi connectivity index (χ3v) is 5.31. The highest BCUT2D eigenvalue weighted by Gasteiger charge is 2.35. The topological polar surface area (TPSA) is 115 Å². The monoisotopic (exact) mass is 504 g/mol. The number of hydrogen-bond donors (Lipinski definition) is 2. The molecule has 36 heavy (non-hydrogen) atoms. The van der Waals surface area contributed by atoms with Gasteiger partial charge in [-0.1, -0.05) is 0 Å². The van der Waals surface area contributed by atoms with E-state index in [9.17, 15) is 13.2 Å². The maximum Gasteiger partial charge on any atom is 0.417 e. The van der Waals surface area contributed by atoms with Crippen molar-refractivity contribution in [2.45, 2.75) is 6.18 Å². The highest BCUT2D eigenvalue weighted by Crippen LogP contribution is 2.38. The van der Waals surface area contributed by atoms with Crippen LogP contribution in [0.25, 0.3) is 11.3 Å². The fourth-order valence-corrected chi connectivity index (χ4v) is 3.47. The number of nitrogens with one attached hydrogen (secondary N) is 1. The van der Waals surface area contributed by atoms with E-state index in [-0.39, 0.29) is 23.0 Å². The lowest BCUT2D eigenvalue weighted by molar-refractivity contribution is -0.137. The second-order valence-electron chi connectivity index (χ2n) is 8.35. The number of anilines is 4. The van der Waals surface area contributed by atoms with Crippen LogP contribution in [0, 0.1) is 0 Å². The van der Waals surface area contributed by atoms with Gasteiger partial charge in [-0.3, -0.25) is 0 Å². The van der Waals surface area contributed by atoms with E-state index in [2.05, 4.69) is 25.3 Å². The highest BCUT2D eigenvalue weighted by molar-refractivity contribution is 5.71.